The zero-order valence-electron chi connectivity index (χ0n) is 12.3. The third-order valence-corrected chi connectivity index (χ3v) is 6.05. The number of thioether (sulfide) groups is 1. The normalized spacial score (nSPS) is 12.9. The molecule has 0 bridgehead atoms. The number of carbonyl (C=O) groups is 1. The van der Waals surface area contributed by atoms with Crippen LogP contribution in [0.15, 0.2) is 34.1 Å². The Morgan fingerprint density at radius 3 is 2.67 bits per heavy atom. The summed E-state index contributed by atoms with van der Waals surface area (Å²) in [6.45, 7) is 4.38. The molecule has 0 spiro atoms. The number of rotatable bonds is 8. The molecule has 118 valence electrons. The van der Waals surface area contributed by atoms with E-state index < -0.39 is 9.84 Å². The summed E-state index contributed by atoms with van der Waals surface area (Å²) >= 11 is 1.25. The summed E-state index contributed by atoms with van der Waals surface area (Å²) in [4.78, 5) is 12.8. The Bertz CT molecular complexity index is 573. The van der Waals surface area contributed by atoms with E-state index in [1.165, 1.54) is 11.8 Å². The monoisotopic (exact) mass is 330 g/mol. The van der Waals surface area contributed by atoms with Crippen molar-refractivity contribution in [3.05, 3.63) is 24.3 Å². The van der Waals surface area contributed by atoms with Gasteiger partial charge >= 0.3 is 0 Å². The molecule has 0 aliphatic carbocycles. The van der Waals surface area contributed by atoms with Gasteiger partial charge in [-0.15, -0.1) is 11.8 Å². The van der Waals surface area contributed by atoms with Crippen molar-refractivity contribution in [3.63, 3.8) is 0 Å². The minimum absolute atomic E-state index is 0.109. The second-order valence-electron chi connectivity index (χ2n) is 4.61. The van der Waals surface area contributed by atoms with Gasteiger partial charge in [-0.3, -0.25) is 4.79 Å². The second-order valence-corrected chi connectivity index (χ2v) is 8.07. The van der Waals surface area contributed by atoms with E-state index in [0.717, 1.165) is 0 Å². The molecule has 0 radical (unpaired) electrons. The number of sulfone groups is 1. The van der Waals surface area contributed by atoms with E-state index in [2.05, 4.69) is 5.32 Å². The third-order valence-electron chi connectivity index (χ3n) is 2.77. The van der Waals surface area contributed by atoms with Gasteiger partial charge in [-0.05, 0) is 25.5 Å². The van der Waals surface area contributed by atoms with Gasteiger partial charge in [0.05, 0.1) is 15.9 Å². The predicted octanol–water partition coefficient (Wildman–Crippen LogP) is 1.43. The van der Waals surface area contributed by atoms with Crippen molar-refractivity contribution < 1.29 is 13.2 Å². The van der Waals surface area contributed by atoms with Gasteiger partial charge in [0.2, 0.25) is 5.91 Å². The van der Waals surface area contributed by atoms with Crippen molar-refractivity contribution in [3.8, 4) is 0 Å². The fourth-order valence-corrected chi connectivity index (χ4v) is 4.62. The molecule has 7 heteroatoms. The van der Waals surface area contributed by atoms with Gasteiger partial charge in [-0.2, -0.15) is 0 Å². The molecule has 3 N–H and O–H groups in total. The summed E-state index contributed by atoms with van der Waals surface area (Å²) in [5.74, 6) is -0.0358. The highest BCUT2D eigenvalue weighted by molar-refractivity contribution is 8.01. The number of amides is 1. The molecule has 0 aliphatic heterocycles. The topological polar surface area (TPSA) is 89.3 Å². The van der Waals surface area contributed by atoms with Crippen LogP contribution < -0.4 is 11.1 Å². The Hall–Kier alpha value is -1.05. The van der Waals surface area contributed by atoms with E-state index in [-0.39, 0.29) is 16.9 Å². The second kappa shape index (κ2) is 8.41. The fraction of sp³-hybridized carbons (Fsp3) is 0.500. The smallest absolute Gasteiger partial charge is 0.233 e. The Labute approximate surface area is 130 Å². The summed E-state index contributed by atoms with van der Waals surface area (Å²) in [7, 11) is -3.30. The molecule has 0 fully saturated rings. The van der Waals surface area contributed by atoms with E-state index >= 15 is 0 Å². The van der Waals surface area contributed by atoms with Gasteiger partial charge in [0.25, 0.3) is 0 Å². The maximum atomic E-state index is 12.2. The van der Waals surface area contributed by atoms with E-state index in [4.69, 9.17) is 5.73 Å². The Balaban J connectivity index is 2.92. The Kier molecular flexibility index (Phi) is 7.21. The SMILES string of the molecule is CCCS(=O)(=O)c1ccccc1SC(C)C(=O)NCCN. The molecule has 1 atom stereocenters. The van der Waals surface area contributed by atoms with Gasteiger partial charge < -0.3 is 11.1 Å². The Morgan fingerprint density at radius 2 is 2.05 bits per heavy atom. The predicted molar refractivity (Wildman–Crippen MR) is 86.2 cm³/mol. The first-order chi connectivity index (χ1) is 9.92. The first kappa shape index (κ1) is 18.0. The molecule has 0 saturated heterocycles. The lowest BCUT2D eigenvalue weighted by atomic mass is 10.4. The van der Waals surface area contributed by atoms with Crippen LogP contribution in [-0.4, -0.2) is 38.4 Å². The van der Waals surface area contributed by atoms with E-state index in [1.54, 1.807) is 31.2 Å². The molecule has 1 unspecified atom stereocenters. The molecular formula is C14H22N2O3S2. The summed E-state index contributed by atoms with van der Waals surface area (Å²) < 4.78 is 24.5. The third kappa shape index (κ3) is 5.33. The summed E-state index contributed by atoms with van der Waals surface area (Å²) in [6, 6.07) is 6.81. The van der Waals surface area contributed by atoms with Gasteiger partial charge in [-0.1, -0.05) is 19.1 Å². The van der Waals surface area contributed by atoms with Gasteiger partial charge in [0, 0.05) is 18.0 Å². The zero-order chi connectivity index (χ0) is 15.9. The molecule has 0 saturated carbocycles. The molecule has 1 aromatic carbocycles. The highest BCUT2D eigenvalue weighted by Crippen LogP contribution is 2.30. The van der Waals surface area contributed by atoms with Crippen LogP contribution in [0.25, 0.3) is 0 Å². The molecule has 0 heterocycles. The van der Waals surface area contributed by atoms with Crippen LogP contribution in [0.3, 0.4) is 0 Å². The van der Waals surface area contributed by atoms with Crippen molar-refractivity contribution in [2.75, 3.05) is 18.8 Å². The van der Waals surface area contributed by atoms with Crippen molar-refractivity contribution in [2.45, 2.75) is 35.3 Å². The minimum atomic E-state index is -3.30. The van der Waals surface area contributed by atoms with Crippen molar-refractivity contribution in [2.24, 2.45) is 5.73 Å². The lowest BCUT2D eigenvalue weighted by Gasteiger charge is -2.14. The number of benzene rings is 1. The molecular weight excluding hydrogens is 308 g/mol. The lowest BCUT2D eigenvalue weighted by Crippen LogP contribution is -2.34. The highest BCUT2D eigenvalue weighted by Gasteiger charge is 2.21. The highest BCUT2D eigenvalue weighted by atomic mass is 32.2. The molecule has 0 aliphatic rings. The fourth-order valence-electron chi connectivity index (χ4n) is 1.77. The molecule has 1 aromatic rings. The van der Waals surface area contributed by atoms with E-state index in [0.29, 0.717) is 29.3 Å². The van der Waals surface area contributed by atoms with Crippen LogP contribution in [0.5, 0.6) is 0 Å². The quantitative estimate of drug-likeness (QED) is 0.704. The molecule has 1 rings (SSSR count). The number of nitrogens with two attached hydrogens (primary N) is 1. The average Bonchev–Trinajstić information content (AvgIpc) is 2.45. The van der Waals surface area contributed by atoms with Crippen molar-refractivity contribution in [1.29, 1.82) is 0 Å². The van der Waals surface area contributed by atoms with Crippen LogP contribution in [0.4, 0.5) is 0 Å². The van der Waals surface area contributed by atoms with Gasteiger partial charge in [-0.25, -0.2) is 8.42 Å². The first-order valence-corrected chi connectivity index (χ1v) is 9.41. The van der Waals surface area contributed by atoms with Crippen molar-refractivity contribution >= 4 is 27.5 Å². The lowest BCUT2D eigenvalue weighted by molar-refractivity contribution is -0.120. The first-order valence-electron chi connectivity index (χ1n) is 6.88. The standard InChI is InChI=1S/C14H22N2O3S2/c1-3-10-21(18,19)13-7-5-4-6-12(13)20-11(2)14(17)16-9-8-15/h4-7,11H,3,8-10,15H2,1-2H3,(H,16,17). The largest absolute Gasteiger partial charge is 0.354 e. The number of hydrogen-bond acceptors (Lipinski definition) is 5. The van der Waals surface area contributed by atoms with E-state index in [9.17, 15) is 13.2 Å². The summed E-state index contributed by atoms with van der Waals surface area (Å²) in [5, 5.41) is 2.32. The summed E-state index contributed by atoms with van der Waals surface area (Å²) in [5.41, 5.74) is 5.34. The zero-order valence-corrected chi connectivity index (χ0v) is 14.0. The molecule has 21 heavy (non-hydrogen) atoms. The van der Waals surface area contributed by atoms with Crippen LogP contribution in [0.1, 0.15) is 20.3 Å². The average molecular weight is 330 g/mol. The maximum absolute atomic E-state index is 12.2. The Morgan fingerprint density at radius 1 is 1.38 bits per heavy atom. The molecule has 0 aromatic heterocycles. The molecule has 5 nitrogen and oxygen atoms in total. The van der Waals surface area contributed by atoms with Gasteiger partial charge in [0.1, 0.15) is 0 Å². The van der Waals surface area contributed by atoms with Gasteiger partial charge in [0.15, 0.2) is 9.84 Å². The number of hydrogen-bond donors (Lipinski definition) is 2. The maximum Gasteiger partial charge on any atom is 0.233 e. The molecule has 1 amide bonds. The van der Waals surface area contributed by atoms with Crippen LogP contribution in [0, 0.1) is 0 Å². The minimum Gasteiger partial charge on any atom is -0.354 e. The summed E-state index contributed by atoms with van der Waals surface area (Å²) in [6.07, 6.45) is 0.563. The number of nitrogens with one attached hydrogen (secondary N) is 1. The van der Waals surface area contributed by atoms with E-state index in [1.807, 2.05) is 6.92 Å². The van der Waals surface area contributed by atoms with Crippen LogP contribution >= 0.6 is 11.8 Å². The number of carbonyl (C=O) groups excluding carboxylic acids is 1. The van der Waals surface area contributed by atoms with Crippen molar-refractivity contribution in [1.82, 2.24) is 5.32 Å². The van der Waals surface area contributed by atoms with Crippen LogP contribution in [0.2, 0.25) is 0 Å². The van der Waals surface area contributed by atoms with Crippen LogP contribution in [-0.2, 0) is 14.6 Å².